The molecule has 1 aromatic carbocycles. The normalized spacial score (nSPS) is 17.4. The fourth-order valence-corrected chi connectivity index (χ4v) is 3.19. The van der Waals surface area contributed by atoms with E-state index in [1.807, 2.05) is 0 Å². The van der Waals surface area contributed by atoms with Crippen LogP contribution in [0.5, 0.6) is 0 Å². The molecule has 21 heavy (non-hydrogen) atoms. The quantitative estimate of drug-likeness (QED) is 0.918. The van der Waals surface area contributed by atoms with E-state index in [-0.39, 0.29) is 5.91 Å². The predicted octanol–water partition coefficient (Wildman–Crippen LogP) is 2.07. The molecular formula is C14H13N3O3S. The number of carbonyl (C=O) groups is 2. The number of hydrogen-bond acceptors (Lipinski definition) is 5. The van der Waals surface area contributed by atoms with E-state index in [0.717, 1.165) is 11.5 Å². The number of aryl methyl sites for hydroxylation is 1. The largest absolute Gasteiger partial charge is 0.481 e. The topological polar surface area (TPSA) is 83.4 Å². The number of hydrogen-bond donors (Lipinski definition) is 1. The van der Waals surface area contributed by atoms with E-state index in [2.05, 4.69) is 9.59 Å². The van der Waals surface area contributed by atoms with Crippen molar-refractivity contribution in [3.8, 4) is 0 Å². The second-order valence-corrected chi connectivity index (χ2v) is 5.64. The standard InChI is InChI=1S/C14H13N3O3S/c1-8-12(21-16-15-8)13(18)17-7-6-10(14(19)20)9-4-2-3-5-11(9)17/h2-5,10H,6-7H2,1H3,(H,19,20). The third-order valence-electron chi connectivity index (χ3n) is 3.63. The van der Waals surface area contributed by atoms with Crippen LogP contribution < -0.4 is 4.90 Å². The van der Waals surface area contributed by atoms with Crippen molar-refractivity contribution in [2.45, 2.75) is 19.3 Å². The number of anilines is 1. The van der Waals surface area contributed by atoms with Gasteiger partial charge in [0.1, 0.15) is 4.88 Å². The lowest BCUT2D eigenvalue weighted by Crippen LogP contribution is -2.38. The summed E-state index contributed by atoms with van der Waals surface area (Å²) in [5.74, 6) is -1.59. The van der Waals surface area contributed by atoms with Crippen molar-refractivity contribution in [3.63, 3.8) is 0 Å². The van der Waals surface area contributed by atoms with Crippen LogP contribution in [-0.4, -0.2) is 33.1 Å². The highest BCUT2D eigenvalue weighted by Gasteiger charge is 2.33. The van der Waals surface area contributed by atoms with E-state index in [1.54, 1.807) is 36.1 Å². The van der Waals surface area contributed by atoms with E-state index >= 15 is 0 Å². The number of fused-ring (bicyclic) bond motifs is 1. The third kappa shape index (κ3) is 2.29. The van der Waals surface area contributed by atoms with E-state index in [9.17, 15) is 14.7 Å². The average molecular weight is 303 g/mol. The van der Waals surface area contributed by atoms with Gasteiger partial charge in [-0.25, -0.2) is 0 Å². The maximum absolute atomic E-state index is 12.6. The van der Waals surface area contributed by atoms with Crippen molar-refractivity contribution in [3.05, 3.63) is 40.4 Å². The summed E-state index contributed by atoms with van der Waals surface area (Å²) in [7, 11) is 0. The molecule has 2 heterocycles. The summed E-state index contributed by atoms with van der Waals surface area (Å²) in [5.41, 5.74) is 1.94. The number of nitrogens with zero attached hydrogens (tertiary/aromatic N) is 3. The molecule has 1 atom stereocenters. The Morgan fingerprint density at radius 2 is 2.14 bits per heavy atom. The molecule has 1 aliphatic heterocycles. The smallest absolute Gasteiger partial charge is 0.311 e. The zero-order valence-corrected chi connectivity index (χ0v) is 12.1. The Bertz CT molecular complexity index is 713. The van der Waals surface area contributed by atoms with Crippen LogP contribution in [0.25, 0.3) is 0 Å². The van der Waals surface area contributed by atoms with Gasteiger partial charge in [0.05, 0.1) is 11.6 Å². The molecule has 0 radical (unpaired) electrons. The predicted molar refractivity (Wildman–Crippen MR) is 77.8 cm³/mol. The van der Waals surface area contributed by atoms with Gasteiger partial charge < -0.3 is 10.0 Å². The van der Waals surface area contributed by atoms with Crippen LogP contribution in [0.15, 0.2) is 24.3 Å². The van der Waals surface area contributed by atoms with Crippen molar-refractivity contribution in [2.24, 2.45) is 0 Å². The number of rotatable bonds is 2. The highest BCUT2D eigenvalue weighted by molar-refractivity contribution is 7.08. The molecule has 108 valence electrons. The van der Waals surface area contributed by atoms with Gasteiger partial charge >= 0.3 is 5.97 Å². The summed E-state index contributed by atoms with van der Waals surface area (Å²) in [6.07, 6.45) is 0.406. The molecule has 0 saturated heterocycles. The molecule has 1 aromatic heterocycles. The van der Waals surface area contributed by atoms with Crippen molar-refractivity contribution >= 4 is 29.1 Å². The van der Waals surface area contributed by atoms with Gasteiger partial charge in [0, 0.05) is 12.2 Å². The summed E-state index contributed by atoms with van der Waals surface area (Å²) in [6.45, 7) is 2.12. The second kappa shape index (κ2) is 5.25. The minimum atomic E-state index is -0.856. The number of aliphatic carboxylic acids is 1. The van der Waals surface area contributed by atoms with Crippen LogP contribution in [0.3, 0.4) is 0 Å². The highest BCUT2D eigenvalue weighted by Crippen LogP contribution is 2.36. The average Bonchev–Trinajstić information content (AvgIpc) is 2.91. The minimum Gasteiger partial charge on any atom is -0.481 e. The fourth-order valence-electron chi connectivity index (χ4n) is 2.58. The molecule has 0 bridgehead atoms. The molecule has 1 amide bonds. The number of aromatic nitrogens is 2. The fraction of sp³-hybridized carbons (Fsp3) is 0.286. The maximum Gasteiger partial charge on any atom is 0.311 e. The van der Waals surface area contributed by atoms with Crippen molar-refractivity contribution < 1.29 is 14.7 Å². The molecule has 0 aliphatic carbocycles. The molecule has 0 spiro atoms. The summed E-state index contributed by atoms with van der Waals surface area (Å²) >= 11 is 1.06. The minimum absolute atomic E-state index is 0.168. The third-order valence-corrected chi connectivity index (χ3v) is 4.45. The summed E-state index contributed by atoms with van der Waals surface area (Å²) in [5, 5.41) is 13.2. The summed E-state index contributed by atoms with van der Waals surface area (Å²) in [6, 6.07) is 7.15. The van der Waals surface area contributed by atoms with Gasteiger partial charge in [-0.15, -0.1) is 5.10 Å². The Morgan fingerprint density at radius 3 is 2.81 bits per heavy atom. The van der Waals surface area contributed by atoms with E-state index in [4.69, 9.17) is 0 Å². The highest BCUT2D eigenvalue weighted by atomic mass is 32.1. The van der Waals surface area contributed by atoms with Crippen molar-refractivity contribution in [2.75, 3.05) is 11.4 Å². The number of carboxylic acids is 1. The summed E-state index contributed by atoms with van der Waals surface area (Å²) in [4.78, 5) is 26.1. The molecule has 1 N–H and O–H groups in total. The lowest BCUT2D eigenvalue weighted by molar-refractivity contribution is -0.139. The van der Waals surface area contributed by atoms with Gasteiger partial charge in [0.25, 0.3) is 5.91 Å². The molecule has 0 saturated carbocycles. The summed E-state index contributed by atoms with van der Waals surface area (Å²) < 4.78 is 3.79. The molecule has 2 aromatic rings. The van der Waals surface area contributed by atoms with Crippen LogP contribution in [0.1, 0.15) is 33.3 Å². The van der Waals surface area contributed by atoms with Gasteiger partial charge in [-0.3, -0.25) is 9.59 Å². The first-order valence-electron chi connectivity index (χ1n) is 6.52. The Labute approximate surface area is 125 Å². The molecule has 1 unspecified atom stereocenters. The number of para-hydroxylation sites is 1. The lowest BCUT2D eigenvalue weighted by Gasteiger charge is -2.32. The Hall–Kier alpha value is -2.28. The van der Waals surface area contributed by atoms with Gasteiger partial charge in [-0.2, -0.15) is 0 Å². The number of amides is 1. The van der Waals surface area contributed by atoms with Gasteiger partial charge in [-0.05, 0) is 36.5 Å². The maximum atomic E-state index is 12.6. The lowest BCUT2D eigenvalue weighted by atomic mass is 9.90. The van der Waals surface area contributed by atoms with Crippen LogP contribution in [0.4, 0.5) is 5.69 Å². The van der Waals surface area contributed by atoms with Crippen LogP contribution in [0, 0.1) is 6.92 Å². The zero-order chi connectivity index (χ0) is 15.0. The van der Waals surface area contributed by atoms with Crippen LogP contribution >= 0.6 is 11.5 Å². The molecule has 0 fully saturated rings. The van der Waals surface area contributed by atoms with Gasteiger partial charge in [0.15, 0.2) is 0 Å². The van der Waals surface area contributed by atoms with Crippen molar-refractivity contribution in [1.82, 2.24) is 9.59 Å². The Morgan fingerprint density at radius 1 is 1.38 bits per heavy atom. The van der Waals surface area contributed by atoms with E-state index in [0.29, 0.717) is 34.8 Å². The van der Waals surface area contributed by atoms with Crippen molar-refractivity contribution in [1.29, 1.82) is 0 Å². The first-order chi connectivity index (χ1) is 10.1. The van der Waals surface area contributed by atoms with Gasteiger partial charge in [-0.1, -0.05) is 22.7 Å². The van der Waals surface area contributed by atoms with Gasteiger partial charge in [0.2, 0.25) is 0 Å². The number of benzene rings is 1. The molecular weight excluding hydrogens is 290 g/mol. The Balaban J connectivity index is 2.02. The van der Waals surface area contributed by atoms with E-state index < -0.39 is 11.9 Å². The molecule has 3 rings (SSSR count). The molecule has 6 nitrogen and oxygen atoms in total. The first-order valence-corrected chi connectivity index (χ1v) is 7.29. The van der Waals surface area contributed by atoms with Crippen LogP contribution in [-0.2, 0) is 4.79 Å². The number of carboxylic acid groups (broad SMARTS) is 1. The first kappa shape index (κ1) is 13.7. The van der Waals surface area contributed by atoms with E-state index in [1.165, 1.54) is 0 Å². The molecule has 1 aliphatic rings. The molecule has 7 heteroatoms. The SMILES string of the molecule is Cc1nnsc1C(=O)N1CCC(C(=O)O)c2ccccc21. The van der Waals surface area contributed by atoms with Crippen LogP contribution in [0.2, 0.25) is 0 Å². The monoisotopic (exact) mass is 303 g/mol. The second-order valence-electron chi connectivity index (χ2n) is 4.88. The zero-order valence-electron chi connectivity index (χ0n) is 11.3. The number of carbonyl (C=O) groups excluding carboxylic acids is 1. The Kier molecular flexibility index (Phi) is 3.42.